The van der Waals surface area contributed by atoms with Crippen LogP contribution in [-0.4, -0.2) is 6.04 Å². The maximum atomic E-state index is 6.30. The third kappa shape index (κ3) is 3.92. The van der Waals surface area contributed by atoms with Crippen LogP contribution in [0.2, 0.25) is 10.0 Å². The number of nitrogens with one attached hydrogen (secondary N) is 1. The van der Waals surface area contributed by atoms with Crippen molar-refractivity contribution in [2.75, 3.05) is 0 Å². The Hall–Kier alpha value is -1.22. The zero-order valence-corrected chi connectivity index (χ0v) is 17.6. The van der Waals surface area contributed by atoms with Gasteiger partial charge in [0.05, 0.1) is 0 Å². The normalized spacial score (nSPS) is 30.6. The van der Waals surface area contributed by atoms with E-state index >= 15 is 0 Å². The number of ether oxygens (including phenoxy) is 1. The van der Waals surface area contributed by atoms with Crippen LogP contribution in [0, 0.1) is 23.7 Å². The van der Waals surface area contributed by atoms with Crippen molar-refractivity contribution >= 4 is 23.2 Å². The molecule has 6 rings (SSSR count). The summed E-state index contributed by atoms with van der Waals surface area (Å²) in [5.74, 6) is 4.64. The van der Waals surface area contributed by atoms with Crippen molar-refractivity contribution < 1.29 is 4.74 Å². The van der Waals surface area contributed by atoms with Gasteiger partial charge in [-0.3, -0.25) is 0 Å². The summed E-state index contributed by atoms with van der Waals surface area (Å²) in [6.07, 6.45) is 7.21. The summed E-state index contributed by atoms with van der Waals surface area (Å²) in [6, 6.07) is 14.4. The van der Waals surface area contributed by atoms with Crippen molar-refractivity contribution in [3.8, 4) is 5.75 Å². The third-order valence-corrected chi connectivity index (χ3v) is 7.53. The van der Waals surface area contributed by atoms with Gasteiger partial charge in [-0.2, -0.15) is 0 Å². The summed E-state index contributed by atoms with van der Waals surface area (Å²) in [7, 11) is 0. The van der Waals surface area contributed by atoms with E-state index < -0.39 is 0 Å². The molecule has 0 atom stereocenters. The topological polar surface area (TPSA) is 21.3 Å². The third-order valence-electron chi connectivity index (χ3n) is 7.06. The van der Waals surface area contributed by atoms with Gasteiger partial charge in [0.15, 0.2) is 0 Å². The zero-order valence-electron chi connectivity index (χ0n) is 16.0. The predicted octanol–water partition coefficient (Wildman–Crippen LogP) is 6.49. The van der Waals surface area contributed by atoms with Gasteiger partial charge in [0.25, 0.3) is 0 Å². The van der Waals surface area contributed by atoms with Gasteiger partial charge in [0.2, 0.25) is 0 Å². The lowest BCUT2D eigenvalue weighted by atomic mass is 9.54. The molecule has 1 N–H and O–H groups in total. The molecule has 4 aliphatic carbocycles. The SMILES string of the molecule is Clc1cccc(COc2ccc(Cl)cc2CNC2C3CC4CC(C3)CC2C4)c1. The van der Waals surface area contributed by atoms with E-state index in [4.69, 9.17) is 27.9 Å². The molecule has 4 aliphatic rings. The summed E-state index contributed by atoms with van der Waals surface area (Å²) in [5, 5.41) is 5.39. The first kappa shape index (κ1) is 18.8. The zero-order chi connectivity index (χ0) is 19.1. The Morgan fingerprint density at radius 1 is 0.857 bits per heavy atom. The number of rotatable bonds is 6. The van der Waals surface area contributed by atoms with E-state index in [0.29, 0.717) is 12.6 Å². The van der Waals surface area contributed by atoms with E-state index in [2.05, 4.69) is 5.32 Å². The second kappa shape index (κ2) is 7.89. The maximum Gasteiger partial charge on any atom is 0.124 e. The molecule has 2 aromatic rings. The molecule has 0 radical (unpaired) electrons. The summed E-state index contributed by atoms with van der Waals surface area (Å²) < 4.78 is 6.13. The van der Waals surface area contributed by atoms with Gasteiger partial charge in [-0.05, 0) is 91.7 Å². The first-order chi connectivity index (χ1) is 13.6. The molecule has 0 aliphatic heterocycles. The second-order valence-electron chi connectivity index (χ2n) is 9.01. The molecule has 4 heteroatoms. The van der Waals surface area contributed by atoms with Crippen LogP contribution in [0.1, 0.15) is 43.2 Å². The minimum Gasteiger partial charge on any atom is -0.489 e. The van der Waals surface area contributed by atoms with Gasteiger partial charge in [-0.15, -0.1) is 0 Å². The molecule has 2 nitrogen and oxygen atoms in total. The fraction of sp³-hybridized carbons (Fsp3) is 0.500. The highest BCUT2D eigenvalue weighted by molar-refractivity contribution is 6.30. The number of halogens is 2. The van der Waals surface area contributed by atoms with Gasteiger partial charge < -0.3 is 10.1 Å². The van der Waals surface area contributed by atoms with Crippen molar-refractivity contribution in [3.05, 3.63) is 63.6 Å². The Bertz CT molecular complexity index is 824. The summed E-state index contributed by atoms with van der Waals surface area (Å²) in [5.41, 5.74) is 2.21. The van der Waals surface area contributed by atoms with Crippen molar-refractivity contribution in [1.82, 2.24) is 5.32 Å². The quantitative estimate of drug-likeness (QED) is 0.581. The Morgan fingerprint density at radius 3 is 2.29 bits per heavy atom. The van der Waals surface area contributed by atoms with E-state index in [9.17, 15) is 0 Å². The van der Waals surface area contributed by atoms with Gasteiger partial charge in [0, 0.05) is 28.2 Å². The molecular weight excluding hydrogens is 389 g/mol. The lowest BCUT2D eigenvalue weighted by Gasteiger charge is -2.54. The van der Waals surface area contributed by atoms with Gasteiger partial charge >= 0.3 is 0 Å². The lowest BCUT2D eigenvalue weighted by Crippen LogP contribution is -2.54. The smallest absolute Gasteiger partial charge is 0.124 e. The average molecular weight is 416 g/mol. The Morgan fingerprint density at radius 2 is 1.57 bits per heavy atom. The minimum absolute atomic E-state index is 0.507. The molecular formula is C24H27Cl2NO. The van der Waals surface area contributed by atoms with Crippen LogP contribution in [0.5, 0.6) is 5.75 Å². The highest BCUT2D eigenvalue weighted by Crippen LogP contribution is 2.53. The van der Waals surface area contributed by atoms with E-state index in [1.807, 2.05) is 42.5 Å². The Balaban J connectivity index is 1.26. The summed E-state index contributed by atoms with van der Waals surface area (Å²) in [6.45, 7) is 1.33. The van der Waals surface area contributed by atoms with Crippen molar-refractivity contribution in [3.63, 3.8) is 0 Å². The first-order valence-corrected chi connectivity index (χ1v) is 11.3. The molecule has 2 aromatic carbocycles. The van der Waals surface area contributed by atoms with E-state index in [1.165, 1.54) is 32.1 Å². The fourth-order valence-corrected chi connectivity index (χ4v) is 6.51. The predicted molar refractivity (Wildman–Crippen MR) is 115 cm³/mol. The van der Waals surface area contributed by atoms with Crippen LogP contribution < -0.4 is 10.1 Å². The van der Waals surface area contributed by atoms with Crippen molar-refractivity contribution in [2.45, 2.75) is 51.3 Å². The van der Waals surface area contributed by atoms with Crippen LogP contribution in [0.3, 0.4) is 0 Å². The summed E-state index contributed by atoms with van der Waals surface area (Å²) >= 11 is 12.4. The molecule has 4 bridgehead atoms. The molecule has 0 amide bonds. The first-order valence-electron chi connectivity index (χ1n) is 10.5. The van der Waals surface area contributed by atoms with Gasteiger partial charge in [0.1, 0.15) is 12.4 Å². The van der Waals surface area contributed by atoms with Crippen LogP contribution in [0.25, 0.3) is 0 Å². The van der Waals surface area contributed by atoms with E-state index in [-0.39, 0.29) is 0 Å². The molecule has 28 heavy (non-hydrogen) atoms. The minimum atomic E-state index is 0.507. The van der Waals surface area contributed by atoms with Gasteiger partial charge in [-0.1, -0.05) is 35.3 Å². The second-order valence-corrected chi connectivity index (χ2v) is 9.88. The fourth-order valence-electron chi connectivity index (χ4n) is 6.10. The van der Waals surface area contributed by atoms with Crippen LogP contribution in [0.15, 0.2) is 42.5 Å². The molecule has 0 heterocycles. The molecule has 148 valence electrons. The Kier molecular flexibility index (Phi) is 5.30. The van der Waals surface area contributed by atoms with Crippen LogP contribution in [-0.2, 0) is 13.2 Å². The highest BCUT2D eigenvalue weighted by atomic mass is 35.5. The Labute approximate surface area is 177 Å². The van der Waals surface area contributed by atoms with E-state index in [0.717, 1.165) is 57.1 Å². The van der Waals surface area contributed by atoms with Crippen molar-refractivity contribution in [1.29, 1.82) is 0 Å². The molecule has 0 spiro atoms. The maximum absolute atomic E-state index is 6.30. The molecule has 4 fully saturated rings. The summed E-state index contributed by atoms with van der Waals surface area (Å²) in [4.78, 5) is 0. The van der Waals surface area contributed by atoms with E-state index in [1.54, 1.807) is 0 Å². The molecule has 0 unspecified atom stereocenters. The number of hydrogen-bond acceptors (Lipinski definition) is 2. The van der Waals surface area contributed by atoms with Crippen LogP contribution in [0.4, 0.5) is 0 Å². The number of benzene rings is 2. The monoisotopic (exact) mass is 415 g/mol. The molecule has 4 saturated carbocycles. The molecule has 0 saturated heterocycles. The largest absolute Gasteiger partial charge is 0.489 e. The average Bonchev–Trinajstić information content (AvgIpc) is 2.66. The van der Waals surface area contributed by atoms with Crippen LogP contribution >= 0.6 is 23.2 Å². The van der Waals surface area contributed by atoms with Crippen molar-refractivity contribution in [2.24, 2.45) is 23.7 Å². The highest BCUT2D eigenvalue weighted by Gasteiger charge is 2.47. The van der Waals surface area contributed by atoms with Gasteiger partial charge in [-0.25, -0.2) is 0 Å². The number of hydrogen-bond donors (Lipinski definition) is 1. The lowest BCUT2D eigenvalue weighted by molar-refractivity contribution is -0.0143. The molecule has 0 aromatic heterocycles. The standard InChI is InChI=1S/C24H27Cl2NO/c25-21-3-1-2-15(11-21)14-28-23-5-4-22(26)12-20(23)13-27-24-18-7-16-6-17(9-18)10-19(24)8-16/h1-5,11-12,16-19,24,27H,6-10,13-14H2.